The lowest BCUT2D eigenvalue weighted by Crippen LogP contribution is -2.16. The highest BCUT2D eigenvalue weighted by Crippen LogP contribution is 2.21. The van der Waals surface area contributed by atoms with Gasteiger partial charge in [0, 0.05) is 0 Å². The lowest BCUT2D eigenvalue weighted by Gasteiger charge is -2.07. The minimum absolute atomic E-state index is 0. The molecule has 0 saturated carbocycles. The average Bonchev–Trinajstić information content (AvgIpc) is 2.04. The van der Waals surface area contributed by atoms with Crippen LogP contribution in [-0.2, 0) is 0 Å². The maximum atomic E-state index is 11.5. The number of rotatable bonds is 1. The van der Waals surface area contributed by atoms with E-state index in [2.05, 4.69) is 4.74 Å². The molecule has 0 unspecified atom stereocenters. The van der Waals surface area contributed by atoms with E-state index in [0.717, 1.165) is 0 Å². The summed E-state index contributed by atoms with van der Waals surface area (Å²) in [4.78, 5) is 0. The molecule has 1 aromatic carbocycles. The molecule has 2 N–H and O–H groups in total. The van der Waals surface area contributed by atoms with Crippen molar-refractivity contribution >= 4 is 7.69 Å². The Morgan fingerprint density at radius 1 is 1.07 bits per heavy atom. The number of hydrogen-bond acceptors (Lipinski definition) is 3. The lowest BCUT2D eigenvalue weighted by atomic mass is 10.3. The highest BCUT2D eigenvalue weighted by Gasteiger charge is 2.30. The van der Waals surface area contributed by atoms with Gasteiger partial charge in [0.2, 0.25) is 0 Å². The first-order chi connectivity index (χ1) is 6.49. The number of hydrogen-bond donors (Lipinski definition) is 2. The van der Waals surface area contributed by atoms with Crippen LogP contribution in [0.15, 0.2) is 30.3 Å². The lowest BCUT2D eigenvalue weighted by molar-refractivity contribution is -0.274. The van der Waals surface area contributed by atoms with Gasteiger partial charge in [-0.1, -0.05) is 18.2 Å². The fraction of sp³-hybridized carbons (Fsp3) is 0.143. The number of halogens is 3. The Labute approximate surface area is 79.1 Å². The summed E-state index contributed by atoms with van der Waals surface area (Å²) in [7, 11) is 0. The molecule has 1 rings (SSSR count). The quantitative estimate of drug-likeness (QED) is 0.677. The first-order valence-corrected chi connectivity index (χ1v) is 3.40. The predicted molar refractivity (Wildman–Crippen MR) is 43.3 cm³/mol. The predicted octanol–water partition coefficient (Wildman–Crippen LogP) is 1.09. The van der Waals surface area contributed by atoms with Gasteiger partial charge in [-0.3, -0.25) is 0 Å². The van der Waals surface area contributed by atoms with Crippen LogP contribution in [0.25, 0.3) is 0 Å². The molecule has 77 valence electrons. The monoisotopic (exact) mass is 207 g/mol. The van der Waals surface area contributed by atoms with Crippen molar-refractivity contribution in [2.75, 3.05) is 0 Å². The Morgan fingerprint density at radius 3 is 1.86 bits per heavy atom. The van der Waals surface area contributed by atoms with Gasteiger partial charge in [-0.05, 0) is 12.1 Å². The summed E-state index contributed by atoms with van der Waals surface area (Å²) < 4.78 is 38.2. The first-order valence-electron chi connectivity index (χ1n) is 3.40. The van der Waals surface area contributed by atoms with Crippen molar-refractivity contribution in [3.63, 3.8) is 0 Å². The van der Waals surface area contributed by atoms with E-state index < -0.39 is 6.36 Å². The van der Waals surface area contributed by atoms with E-state index in [0.29, 0.717) is 0 Å². The molecule has 0 bridgehead atoms. The fourth-order valence-electron chi connectivity index (χ4n) is 0.622. The molecule has 0 aliphatic carbocycles. The van der Waals surface area contributed by atoms with Gasteiger partial charge in [-0.15, -0.1) is 13.2 Å². The maximum absolute atomic E-state index is 11.5. The van der Waals surface area contributed by atoms with E-state index in [4.69, 9.17) is 10.0 Å². The van der Waals surface area contributed by atoms with Crippen LogP contribution in [0.1, 0.15) is 0 Å². The second-order valence-corrected chi connectivity index (χ2v) is 1.98. The van der Waals surface area contributed by atoms with Crippen LogP contribution in [0.3, 0.4) is 0 Å². The van der Waals surface area contributed by atoms with Crippen molar-refractivity contribution in [2.24, 2.45) is 0 Å². The van der Waals surface area contributed by atoms with Gasteiger partial charge >= 0.3 is 14.0 Å². The van der Waals surface area contributed by atoms with Gasteiger partial charge in [0.15, 0.2) is 0 Å². The summed E-state index contributed by atoms with van der Waals surface area (Å²) in [5, 5.41) is 14.0. The number of para-hydroxylation sites is 1. The van der Waals surface area contributed by atoms with Crippen molar-refractivity contribution < 1.29 is 28.0 Å². The van der Waals surface area contributed by atoms with Crippen molar-refractivity contribution in [3.8, 4) is 5.75 Å². The Bertz CT molecular complexity index is 240. The second-order valence-electron chi connectivity index (χ2n) is 1.98. The van der Waals surface area contributed by atoms with E-state index in [1.807, 2.05) is 0 Å². The Balaban J connectivity index is 0.000000500. The normalized spacial score (nSPS) is 9.79. The van der Waals surface area contributed by atoms with Crippen LogP contribution in [0.2, 0.25) is 0 Å². The number of ether oxygens (including phenoxy) is 1. The van der Waals surface area contributed by atoms with E-state index in [9.17, 15) is 13.2 Å². The third-order valence-electron chi connectivity index (χ3n) is 0.977. The summed E-state index contributed by atoms with van der Waals surface area (Å²) in [6.45, 7) is 0. The largest absolute Gasteiger partial charge is 0.573 e. The number of benzene rings is 1. The standard InChI is InChI=1S/C7H5F3O.BH2O2/c8-7(9,10)11-6-4-2-1-3-5-6;2-1-3/h1-5H;2-3H. The Kier molecular flexibility index (Phi) is 5.74. The molecule has 1 radical (unpaired) electrons. The highest BCUT2D eigenvalue weighted by molar-refractivity contribution is 6.13. The topological polar surface area (TPSA) is 49.7 Å². The third-order valence-corrected chi connectivity index (χ3v) is 0.977. The molecule has 14 heavy (non-hydrogen) atoms. The fourth-order valence-corrected chi connectivity index (χ4v) is 0.622. The van der Waals surface area contributed by atoms with E-state index in [-0.39, 0.29) is 13.4 Å². The Hall–Kier alpha value is -1.21. The zero-order valence-electron chi connectivity index (χ0n) is 6.90. The van der Waals surface area contributed by atoms with Crippen molar-refractivity contribution in [1.82, 2.24) is 0 Å². The molecule has 0 amide bonds. The minimum Gasteiger partial charge on any atom is -0.429 e. The molecular weight excluding hydrogens is 200 g/mol. The van der Waals surface area contributed by atoms with Crippen LogP contribution in [0, 0.1) is 0 Å². The zero-order valence-corrected chi connectivity index (χ0v) is 6.90. The molecule has 0 aromatic heterocycles. The molecule has 0 aliphatic heterocycles. The molecule has 0 saturated heterocycles. The van der Waals surface area contributed by atoms with E-state index in [1.165, 1.54) is 24.3 Å². The van der Waals surface area contributed by atoms with E-state index in [1.54, 1.807) is 6.07 Å². The van der Waals surface area contributed by atoms with Crippen LogP contribution >= 0.6 is 0 Å². The van der Waals surface area contributed by atoms with E-state index >= 15 is 0 Å². The van der Waals surface area contributed by atoms with Crippen LogP contribution < -0.4 is 4.74 Å². The molecule has 1 aromatic rings. The van der Waals surface area contributed by atoms with Crippen LogP contribution in [0.5, 0.6) is 5.75 Å². The molecule has 0 spiro atoms. The summed E-state index contributed by atoms with van der Waals surface area (Å²) >= 11 is 0. The highest BCUT2D eigenvalue weighted by atomic mass is 19.4. The molecule has 3 nitrogen and oxygen atoms in total. The summed E-state index contributed by atoms with van der Waals surface area (Å²) in [6.07, 6.45) is -4.60. The third kappa shape index (κ3) is 7.44. The zero-order chi connectivity index (χ0) is 11.0. The molecule has 0 aliphatic rings. The van der Waals surface area contributed by atoms with Crippen LogP contribution in [0.4, 0.5) is 13.2 Å². The summed E-state index contributed by atoms with van der Waals surface area (Å²) in [6, 6.07) is 7.05. The Morgan fingerprint density at radius 2 is 1.50 bits per heavy atom. The first kappa shape index (κ1) is 12.8. The van der Waals surface area contributed by atoms with Crippen molar-refractivity contribution in [1.29, 1.82) is 0 Å². The number of alkyl halides is 3. The smallest absolute Gasteiger partial charge is 0.429 e. The van der Waals surface area contributed by atoms with Crippen LogP contribution in [-0.4, -0.2) is 24.1 Å². The molecule has 0 atom stereocenters. The molecular formula is C7H7BF3O3. The van der Waals surface area contributed by atoms with Gasteiger partial charge in [0.05, 0.1) is 0 Å². The average molecular weight is 207 g/mol. The van der Waals surface area contributed by atoms with Crippen molar-refractivity contribution in [3.05, 3.63) is 30.3 Å². The minimum atomic E-state index is -4.60. The van der Waals surface area contributed by atoms with Crippen molar-refractivity contribution in [2.45, 2.75) is 6.36 Å². The molecule has 0 fully saturated rings. The van der Waals surface area contributed by atoms with Gasteiger partial charge < -0.3 is 14.8 Å². The van der Waals surface area contributed by atoms with Gasteiger partial charge in [-0.25, -0.2) is 0 Å². The summed E-state index contributed by atoms with van der Waals surface area (Å²) in [5.74, 6) is -0.194. The van der Waals surface area contributed by atoms with Gasteiger partial charge in [0.1, 0.15) is 5.75 Å². The second kappa shape index (κ2) is 6.28. The summed E-state index contributed by atoms with van der Waals surface area (Å²) in [5.41, 5.74) is 0. The van der Waals surface area contributed by atoms with Gasteiger partial charge in [-0.2, -0.15) is 0 Å². The molecule has 7 heteroatoms. The SMILES string of the molecule is FC(F)(F)Oc1ccccc1.O[B]O. The molecule has 0 heterocycles. The van der Waals surface area contributed by atoms with Gasteiger partial charge in [0.25, 0.3) is 0 Å². The maximum Gasteiger partial charge on any atom is 0.573 e.